The summed E-state index contributed by atoms with van der Waals surface area (Å²) in [5.41, 5.74) is 2.02. The molecule has 8 heteroatoms. The van der Waals surface area contributed by atoms with E-state index in [0.717, 1.165) is 29.7 Å². The quantitative estimate of drug-likeness (QED) is 0.764. The summed E-state index contributed by atoms with van der Waals surface area (Å²) in [4.78, 5) is 11.8. The van der Waals surface area contributed by atoms with Crippen LogP contribution in [0.5, 0.6) is 5.75 Å². The van der Waals surface area contributed by atoms with E-state index in [9.17, 15) is 13.2 Å². The summed E-state index contributed by atoms with van der Waals surface area (Å²) in [6, 6.07) is 9.28. The van der Waals surface area contributed by atoms with Crippen molar-refractivity contribution >= 4 is 27.6 Å². The Hall–Kier alpha value is -2.09. The van der Waals surface area contributed by atoms with Crippen LogP contribution in [0.3, 0.4) is 0 Å². The van der Waals surface area contributed by atoms with E-state index in [1.54, 1.807) is 7.11 Å². The third kappa shape index (κ3) is 4.10. The number of carbonyl (C=O) groups excluding carboxylic acids is 1. The number of methoxy groups -OCH3 is 2. The van der Waals surface area contributed by atoms with Gasteiger partial charge >= 0.3 is 5.97 Å². The zero-order chi connectivity index (χ0) is 19.6. The second kappa shape index (κ2) is 7.88. The molecule has 6 nitrogen and oxygen atoms in total. The van der Waals surface area contributed by atoms with Crippen molar-refractivity contribution in [2.24, 2.45) is 0 Å². The van der Waals surface area contributed by atoms with E-state index in [0.29, 0.717) is 6.42 Å². The number of halogens is 1. The minimum absolute atomic E-state index is 0.0100. The molecule has 0 saturated carbocycles. The molecule has 0 radical (unpaired) electrons. The fourth-order valence-electron chi connectivity index (χ4n) is 3.23. The first kappa shape index (κ1) is 19.7. The van der Waals surface area contributed by atoms with Crippen LogP contribution in [-0.2, 0) is 21.2 Å². The Morgan fingerprint density at radius 2 is 1.96 bits per heavy atom. The number of aryl methyl sites for hydroxylation is 1. The highest BCUT2D eigenvalue weighted by Gasteiger charge is 2.27. The number of hydrogen-bond donors (Lipinski definition) is 1. The van der Waals surface area contributed by atoms with Gasteiger partial charge in [0, 0.05) is 6.04 Å². The van der Waals surface area contributed by atoms with Gasteiger partial charge in [-0.2, -0.15) is 0 Å². The van der Waals surface area contributed by atoms with Crippen molar-refractivity contribution in [2.75, 3.05) is 14.2 Å². The zero-order valence-electron chi connectivity index (χ0n) is 15.0. The van der Waals surface area contributed by atoms with Crippen molar-refractivity contribution in [3.8, 4) is 5.75 Å². The number of nitrogens with one attached hydrogen (secondary N) is 1. The molecule has 2 aromatic carbocycles. The van der Waals surface area contributed by atoms with Crippen LogP contribution in [-0.4, -0.2) is 28.6 Å². The minimum Gasteiger partial charge on any atom is -0.497 e. The van der Waals surface area contributed by atoms with Crippen molar-refractivity contribution in [1.82, 2.24) is 4.72 Å². The molecule has 0 saturated heterocycles. The molecular weight excluding hydrogens is 390 g/mol. The number of rotatable bonds is 5. The number of ether oxygens (including phenoxy) is 2. The van der Waals surface area contributed by atoms with Crippen LogP contribution >= 0.6 is 11.6 Å². The zero-order valence-corrected chi connectivity index (χ0v) is 16.6. The fourth-order valence-corrected chi connectivity index (χ4v) is 4.70. The van der Waals surface area contributed by atoms with Gasteiger partial charge in [-0.1, -0.05) is 17.7 Å². The maximum atomic E-state index is 12.9. The molecule has 0 aliphatic heterocycles. The van der Waals surface area contributed by atoms with Gasteiger partial charge in [-0.15, -0.1) is 0 Å². The van der Waals surface area contributed by atoms with E-state index in [1.165, 1.54) is 25.3 Å². The highest BCUT2D eigenvalue weighted by atomic mass is 35.5. The maximum Gasteiger partial charge on any atom is 0.339 e. The Bertz CT molecular complexity index is 974. The van der Waals surface area contributed by atoms with Crippen LogP contribution in [0, 0.1) is 0 Å². The smallest absolute Gasteiger partial charge is 0.339 e. The average Bonchev–Trinajstić information content (AvgIpc) is 2.67. The molecule has 1 atom stereocenters. The normalized spacial score (nSPS) is 16.5. The van der Waals surface area contributed by atoms with Crippen LogP contribution in [0.2, 0.25) is 5.02 Å². The Morgan fingerprint density at radius 3 is 2.67 bits per heavy atom. The van der Waals surface area contributed by atoms with Gasteiger partial charge in [0.25, 0.3) is 0 Å². The SMILES string of the molecule is COC(=O)c1cc(S(=O)(=O)NC2CCCc3cc(OC)ccc32)ccc1Cl. The molecule has 1 aliphatic carbocycles. The lowest BCUT2D eigenvalue weighted by Crippen LogP contribution is -2.31. The van der Waals surface area contributed by atoms with Crippen molar-refractivity contribution in [2.45, 2.75) is 30.2 Å². The molecule has 1 unspecified atom stereocenters. The van der Waals surface area contributed by atoms with Gasteiger partial charge in [-0.05, 0) is 60.7 Å². The van der Waals surface area contributed by atoms with Gasteiger partial charge in [0.05, 0.1) is 29.7 Å². The van der Waals surface area contributed by atoms with Gasteiger partial charge < -0.3 is 9.47 Å². The van der Waals surface area contributed by atoms with Gasteiger partial charge in [-0.3, -0.25) is 0 Å². The molecule has 2 aromatic rings. The van der Waals surface area contributed by atoms with Crippen LogP contribution in [0.15, 0.2) is 41.3 Å². The molecule has 0 amide bonds. The van der Waals surface area contributed by atoms with E-state index < -0.39 is 16.0 Å². The number of benzene rings is 2. The predicted molar refractivity (Wildman–Crippen MR) is 102 cm³/mol. The summed E-state index contributed by atoms with van der Waals surface area (Å²) in [6.45, 7) is 0. The first-order chi connectivity index (χ1) is 12.9. The van der Waals surface area contributed by atoms with Crippen LogP contribution < -0.4 is 9.46 Å². The lowest BCUT2D eigenvalue weighted by atomic mass is 9.88. The second-order valence-electron chi connectivity index (χ2n) is 6.26. The standard InChI is InChI=1S/C19H20ClNO5S/c1-25-13-6-8-15-12(10-13)4-3-5-18(15)21-27(23,24)14-7-9-17(20)16(11-14)19(22)26-2/h6-11,18,21H,3-5H2,1-2H3. The summed E-state index contributed by atoms with van der Waals surface area (Å²) in [7, 11) is -1.03. The molecular formula is C19H20ClNO5S. The summed E-state index contributed by atoms with van der Waals surface area (Å²) in [6.07, 6.45) is 2.43. The van der Waals surface area contributed by atoms with E-state index in [4.69, 9.17) is 16.3 Å². The van der Waals surface area contributed by atoms with Crippen LogP contribution in [0.4, 0.5) is 0 Å². The Kier molecular flexibility index (Phi) is 5.74. The monoisotopic (exact) mass is 409 g/mol. The first-order valence-electron chi connectivity index (χ1n) is 8.42. The van der Waals surface area contributed by atoms with Crippen molar-refractivity contribution < 1.29 is 22.7 Å². The molecule has 0 bridgehead atoms. The largest absolute Gasteiger partial charge is 0.497 e. The van der Waals surface area contributed by atoms with Crippen molar-refractivity contribution in [1.29, 1.82) is 0 Å². The first-order valence-corrected chi connectivity index (χ1v) is 10.3. The number of carbonyl (C=O) groups is 1. The average molecular weight is 410 g/mol. The minimum atomic E-state index is -3.85. The van der Waals surface area contributed by atoms with Crippen LogP contribution in [0.25, 0.3) is 0 Å². The van der Waals surface area contributed by atoms with E-state index in [1.807, 2.05) is 18.2 Å². The summed E-state index contributed by atoms with van der Waals surface area (Å²) >= 11 is 5.98. The number of fused-ring (bicyclic) bond motifs is 1. The highest BCUT2D eigenvalue weighted by Crippen LogP contribution is 2.33. The molecule has 3 rings (SSSR count). The van der Waals surface area contributed by atoms with Crippen molar-refractivity contribution in [3.05, 3.63) is 58.1 Å². The van der Waals surface area contributed by atoms with Crippen molar-refractivity contribution in [3.63, 3.8) is 0 Å². The summed E-state index contributed by atoms with van der Waals surface area (Å²) in [5, 5.41) is 0.135. The number of hydrogen-bond acceptors (Lipinski definition) is 5. The molecule has 0 spiro atoms. The van der Waals surface area contributed by atoms with Gasteiger partial charge in [-0.25, -0.2) is 17.9 Å². The fraction of sp³-hybridized carbons (Fsp3) is 0.316. The maximum absolute atomic E-state index is 12.9. The molecule has 144 valence electrons. The molecule has 27 heavy (non-hydrogen) atoms. The van der Waals surface area contributed by atoms with E-state index >= 15 is 0 Å². The Labute approximate surface area is 163 Å². The number of sulfonamides is 1. The molecule has 0 aromatic heterocycles. The van der Waals surface area contributed by atoms with Crippen LogP contribution in [0.1, 0.15) is 40.4 Å². The van der Waals surface area contributed by atoms with E-state index in [2.05, 4.69) is 9.46 Å². The van der Waals surface area contributed by atoms with Gasteiger partial charge in [0.1, 0.15) is 5.75 Å². The topological polar surface area (TPSA) is 81.7 Å². The summed E-state index contributed by atoms with van der Waals surface area (Å²) < 4.78 is 38.4. The number of esters is 1. The predicted octanol–water partition coefficient (Wildman–Crippen LogP) is 3.49. The molecule has 1 aliphatic rings. The molecule has 1 N–H and O–H groups in total. The second-order valence-corrected chi connectivity index (χ2v) is 8.39. The molecule has 0 fully saturated rings. The van der Waals surface area contributed by atoms with Gasteiger partial charge in [0.2, 0.25) is 10.0 Å². The lowest BCUT2D eigenvalue weighted by molar-refractivity contribution is 0.0600. The summed E-state index contributed by atoms with van der Waals surface area (Å²) in [5.74, 6) is 0.0600. The lowest BCUT2D eigenvalue weighted by Gasteiger charge is -2.26. The third-order valence-corrected chi connectivity index (χ3v) is 6.41. The van der Waals surface area contributed by atoms with Gasteiger partial charge in [0.15, 0.2) is 0 Å². The highest BCUT2D eigenvalue weighted by molar-refractivity contribution is 7.89. The Balaban J connectivity index is 1.91. The molecule has 0 heterocycles. The third-order valence-electron chi connectivity index (χ3n) is 4.62. The van der Waals surface area contributed by atoms with E-state index in [-0.39, 0.29) is 21.5 Å². The Morgan fingerprint density at radius 1 is 1.19 bits per heavy atom.